The van der Waals surface area contributed by atoms with Gasteiger partial charge in [0.05, 0.1) is 9.16 Å². The molecule has 98 valence electrons. The summed E-state index contributed by atoms with van der Waals surface area (Å²) in [5.41, 5.74) is 0. The normalized spacial score (nSPS) is 19.0. The van der Waals surface area contributed by atoms with E-state index in [0.29, 0.717) is 0 Å². The summed E-state index contributed by atoms with van der Waals surface area (Å²) >= 11 is 0. The largest absolute Gasteiger partial charge is 0.259 e. The third-order valence-corrected chi connectivity index (χ3v) is 9.69. The van der Waals surface area contributed by atoms with Crippen molar-refractivity contribution < 1.29 is 8.42 Å². The lowest BCUT2D eigenvalue weighted by Crippen LogP contribution is -2.12. The van der Waals surface area contributed by atoms with E-state index in [4.69, 9.17) is 0 Å². The van der Waals surface area contributed by atoms with Crippen LogP contribution < -0.4 is 0 Å². The molecular formula is C10H22O2S4. The van der Waals surface area contributed by atoms with Gasteiger partial charge in [-0.3, -0.25) is 8.42 Å². The topological polar surface area (TPSA) is 34.1 Å². The van der Waals surface area contributed by atoms with Crippen molar-refractivity contribution in [2.24, 2.45) is 0 Å². The van der Waals surface area contributed by atoms with Gasteiger partial charge in [-0.2, -0.15) is 0 Å². The molecule has 2 nitrogen and oxygen atoms in total. The van der Waals surface area contributed by atoms with Crippen LogP contribution in [0.2, 0.25) is 0 Å². The molecule has 0 spiro atoms. The molecule has 0 heterocycles. The minimum absolute atomic E-state index is 0.179. The van der Waals surface area contributed by atoms with Crippen molar-refractivity contribution in [2.45, 2.75) is 48.7 Å². The van der Waals surface area contributed by atoms with Crippen LogP contribution >= 0.6 is 21.6 Å². The maximum Gasteiger partial charge on any atom is 0.0902 e. The molecule has 0 aliphatic carbocycles. The van der Waals surface area contributed by atoms with Crippen LogP contribution in [0.3, 0.4) is 0 Å². The number of rotatable bonds is 9. The van der Waals surface area contributed by atoms with Gasteiger partial charge < -0.3 is 0 Å². The second kappa shape index (κ2) is 9.97. The van der Waals surface area contributed by atoms with Gasteiger partial charge in [-0.15, -0.1) is 0 Å². The van der Waals surface area contributed by atoms with Crippen LogP contribution in [0.1, 0.15) is 39.5 Å². The average Bonchev–Trinajstić information content (AvgIpc) is 2.21. The maximum absolute atomic E-state index is 11.5. The fourth-order valence-electron chi connectivity index (χ4n) is 1.13. The first-order valence-corrected chi connectivity index (χ1v) is 11.0. The van der Waals surface area contributed by atoms with Crippen LogP contribution in [-0.2, 0) is 21.6 Å². The second-order valence-electron chi connectivity index (χ2n) is 3.63. The number of hydrogen-bond acceptors (Lipinski definition) is 4. The van der Waals surface area contributed by atoms with E-state index < -0.39 is 21.6 Å². The summed E-state index contributed by atoms with van der Waals surface area (Å²) in [5, 5.41) is 0. The zero-order valence-corrected chi connectivity index (χ0v) is 13.7. The summed E-state index contributed by atoms with van der Waals surface area (Å²) < 4.78 is 23.3. The molecule has 16 heavy (non-hydrogen) atoms. The van der Waals surface area contributed by atoms with Gasteiger partial charge >= 0.3 is 0 Å². The van der Waals surface area contributed by atoms with Crippen molar-refractivity contribution in [3.8, 4) is 0 Å². The molecule has 0 aromatic heterocycles. The third-order valence-electron chi connectivity index (χ3n) is 2.06. The van der Waals surface area contributed by atoms with Crippen LogP contribution in [0.25, 0.3) is 0 Å². The molecule has 0 N–H and O–H groups in total. The molecule has 0 aliphatic rings. The Bertz CT molecular complexity index is 209. The van der Waals surface area contributed by atoms with Crippen molar-refractivity contribution in [1.82, 2.24) is 0 Å². The summed E-state index contributed by atoms with van der Waals surface area (Å²) in [4.78, 5) is 0. The highest BCUT2D eigenvalue weighted by molar-refractivity contribution is 8.79. The van der Waals surface area contributed by atoms with Crippen LogP contribution in [0.4, 0.5) is 0 Å². The molecule has 4 atom stereocenters. The fourth-order valence-corrected chi connectivity index (χ4v) is 8.20. The predicted octanol–water partition coefficient (Wildman–Crippen LogP) is 3.38. The Morgan fingerprint density at radius 1 is 0.875 bits per heavy atom. The van der Waals surface area contributed by atoms with E-state index in [2.05, 4.69) is 13.8 Å². The van der Waals surface area contributed by atoms with Crippen molar-refractivity contribution >= 4 is 43.2 Å². The van der Waals surface area contributed by atoms with E-state index in [1.54, 1.807) is 34.1 Å². The highest BCUT2D eigenvalue weighted by atomic mass is 33.1. The third kappa shape index (κ3) is 7.35. The maximum atomic E-state index is 11.5. The molecule has 0 saturated heterocycles. The Hall–Kier alpha value is 1.000. The molecule has 0 aromatic carbocycles. The Kier molecular flexibility index (Phi) is 10.6. The highest BCUT2D eigenvalue weighted by Crippen LogP contribution is 2.37. The van der Waals surface area contributed by atoms with Crippen molar-refractivity contribution in [3.63, 3.8) is 0 Å². The van der Waals surface area contributed by atoms with Crippen LogP contribution in [-0.4, -0.2) is 30.1 Å². The minimum atomic E-state index is -0.794. The molecule has 0 radical (unpaired) electrons. The molecule has 0 aromatic rings. The van der Waals surface area contributed by atoms with E-state index in [-0.39, 0.29) is 9.16 Å². The van der Waals surface area contributed by atoms with Gasteiger partial charge in [-0.1, -0.05) is 48.3 Å². The molecule has 0 fully saturated rings. The van der Waals surface area contributed by atoms with Gasteiger partial charge in [0.25, 0.3) is 0 Å². The first kappa shape index (κ1) is 17.0. The molecule has 0 aliphatic heterocycles. The van der Waals surface area contributed by atoms with Crippen molar-refractivity contribution in [2.75, 3.05) is 12.5 Å². The highest BCUT2D eigenvalue weighted by Gasteiger charge is 2.18. The monoisotopic (exact) mass is 302 g/mol. The average molecular weight is 303 g/mol. The molecule has 0 bridgehead atoms. The van der Waals surface area contributed by atoms with E-state index in [1.165, 1.54) is 0 Å². The first-order chi connectivity index (χ1) is 7.52. The lowest BCUT2D eigenvalue weighted by molar-refractivity contribution is 0.679. The summed E-state index contributed by atoms with van der Waals surface area (Å²) in [5.74, 6) is 0. The van der Waals surface area contributed by atoms with Crippen LogP contribution in [0, 0.1) is 0 Å². The minimum Gasteiger partial charge on any atom is -0.259 e. The van der Waals surface area contributed by atoms with E-state index in [1.807, 2.05) is 0 Å². The molecule has 6 heteroatoms. The predicted molar refractivity (Wildman–Crippen MR) is 80.7 cm³/mol. The molecule has 0 saturated carbocycles. The summed E-state index contributed by atoms with van der Waals surface area (Å²) in [6.45, 7) is 4.21. The Balaban J connectivity index is 4.14. The van der Waals surface area contributed by atoms with Gasteiger partial charge in [0.15, 0.2) is 0 Å². The van der Waals surface area contributed by atoms with E-state index in [9.17, 15) is 8.42 Å². The van der Waals surface area contributed by atoms with Crippen molar-refractivity contribution in [3.05, 3.63) is 0 Å². The van der Waals surface area contributed by atoms with E-state index >= 15 is 0 Å². The van der Waals surface area contributed by atoms with Crippen LogP contribution in [0.15, 0.2) is 0 Å². The lowest BCUT2D eigenvalue weighted by Gasteiger charge is -2.16. The standard InChI is InChI=1S/C10H22O2S4/c1-5-7-9(15(3)11)13-14-10(8-6-2)16(4)12/h9-10H,5-8H2,1-4H3. The molecule has 4 unspecified atom stereocenters. The summed E-state index contributed by atoms with van der Waals surface area (Å²) in [7, 11) is 1.72. The van der Waals surface area contributed by atoms with E-state index in [0.717, 1.165) is 25.7 Å². The Labute approximate surface area is 112 Å². The van der Waals surface area contributed by atoms with Gasteiger partial charge in [-0.05, 0) is 12.8 Å². The smallest absolute Gasteiger partial charge is 0.0902 e. The summed E-state index contributed by atoms with van der Waals surface area (Å²) in [6.07, 6.45) is 7.54. The Morgan fingerprint density at radius 2 is 1.19 bits per heavy atom. The van der Waals surface area contributed by atoms with Gasteiger partial charge in [0, 0.05) is 34.1 Å². The SMILES string of the molecule is CCCC(SSC(CCC)S(C)=O)S(C)=O. The van der Waals surface area contributed by atoms with Crippen LogP contribution in [0.5, 0.6) is 0 Å². The zero-order valence-electron chi connectivity index (χ0n) is 10.4. The van der Waals surface area contributed by atoms with Gasteiger partial charge in [0.2, 0.25) is 0 Å². The van der Waals surface area contributed by atoms with Gasteiger partial charge in [-0.25, -0.2) is 0 Å². The fraction of sp³-hybridized carbons (Fsp3) is 1.00. The zero-order chi connectivity index (χ0) is 12.6. The van der Waals surface area contributed by atoms with Crippen molar-refractivity contribution in [1.29, 1.82) is 0 Å². The lowest BCUT2D eigenvalue weighted by atomic mass is 10.4. The molecule has 0 amide bonds. The quantitative estimate of drug-likeness (QED) is 0.612. The second-order valence-corrected chi connectivity index (χ2v) is 10.0. The Morgan fingerprint density at radius 3 is 1.38 bits per heavy atom. The molecular weight excluding hydrogens is 280 g/mol. The number of hydrogen-bond donors (Lipinski definition) is 0. The van der Waals surface area contributed by atoms with Gasteiger partial charge in [0.1, 0.15) is 0 Å². The first-order valence-electron chi connectivity index (χ1n) is 5.49. The molecule has 0 rings (SSSR count). The summed E-state index contributed by atoms with van der Waals surface area (Å²) in [6, 6.07) is 0.